The van der Waals surface area contributed by atoms with Crippen LogP contribution in [0.5, 0.6) is 0 Å². The third kappa shape index (κ3) is 4.96. The number of carbonyl (C=O) groups excluding carboxylic acids is 2. The number of aryl methyl sites for hydroxylation is 1. The molecular formula is C15H20BrNO3. The molecular weight excluding hydrogens is 322 g/mol. The molecule has 0 radical (unpaired) electrons. The van der Waals surface area contributed by atoms with Crippen molar-refractivity contribution in [3.8, 4) is 0 Å². The SMILES string of the molecule is Cc1cc(Br)ccc1C(=O)N[C@H](C)C(=O)OC(C)(C)C. The van der Waals surface area contributed by atoms with Crippen molar-refractivity contribution in [1.29, 1.82) is 0 Å². The number of halogens is 1. The second-order valence-electron chi connectivity index (χ2n) is 5.69. The van der Waals surface area contributed by atoms with E-state index in [1.165, 1.54) is 0 Å². The molecule has 1 aromatic carbocycles. The first kappa shape index (κ1) is 16.7. The lowest BCUT2D eigenvalue weighted by Crippen LogP contribution is -2.42. The molecule has 0 bridgehead atoms. The zero-order valence-corrected chi connectivity index (χ0v) is 14.0. The molecule has 1 aromatic rings. The number of hydrogen-bond acceptors (Lipinski definition) is 3. The van der Waals surface area contributed by atoms with Gasteiger partial charge < -0.3 is 10.1 Å². The summed E-state index contributed by atoms with van der Waals surface area (Å²) in [5.74, 6) is -0.728. The van der Waals surface area contributed by atoms with E-state index in [4.69, 9.17) is 4.74 Å². The first-order chi connectivity index (χ1) is 9.10. The van der Waals surface area contributed by atoms with Crippen molar-refractivity contribution in [2.24, 2.45) is 0 Å². The van der Waals surface area contributed by atoms with Crippen LogP contribution in [0.2, 0.25) is 0 Å². The van der Waals surface area contributed by atoms with Crippen LogP contribution in [-0.4, -0.2) is 23.5 Å². The summed E-state index contributed by atoms with van der Waals surface area (Å²) < 4.78 is 6.13. The monoisotopic (exact) mass is 341 g/mol. The van der Waals surface area contributed by atoms with Crippen molar-refractivity contribution in [3.05, 3.63) is 33.8 Å². The largest absolute Gasteiger partial charge is 0.458 e. The van der Waals surface area contributed by atoms with E-state index < -0.39 is 17.6 Å². The van der Waals surface area contributed by atoms with E-state index in [1.54, 1.807) is 39.8 Å². The van der Waals surface area contributed by atoms with Crippen LogP contribution in [0.15, 0.2) is 22.7 Å². The number of ether oxygens (including phenoxy) is 1. The van der Waals surface area contributed by atoms with E-state index in [0.29, 0.717) is 5.56 Å². The van der Waals surface area contributed by atoms with Crippen LogP contribution >= 0.6 is 15.9 Å². The molecule has 110 valence electrons. The van der Waals surface area contributed by atoms with Gasteiger partial charge in [-0.3, -0.25) is 4.79 Å². The van der Waals surface area contributed by atoms with Gasteiger partial charge in [0, 0.05) is 10.0 Å². The van der Waals surface area contributed by atoms with Gasteiger partial charge in [0.15, 0.2) is 0 Å². The fraction of sp³-hybridized carbons (Fsp3) is 0.467. The van der Waals surface area contributed by atoms with Gasteiger partial charge in [0.1, 0.15) is 11.6 Å². The molecule has 0 aliphatic rings. The van der Waals surface area contributed by atoms with E-state index in [2.05, 4.69) is 21.2 Å². The van der Waals surface area contributed by atoms with Gasteiger partial charge >= 0.3 is 5.97 Å². The molecule has 0 aromatic heterocycles. The van der Waals surface area contributed by atoms with Crippen LogP contribution in [0.4, 0.5) is 0 Å². The molecule has 0 unspecified atom stereocenters. The zero-order valence-electron chi connectivity index (χ0n) is 12.4. The predicted octanol–water partition coefficient (Wildman–Crippen LogP) is 3.22. The van der Waals surface area contributed by atoms with Gasteiger partial charge in [-0.1, -0.05) is 15.9 Å². The molecule has 0 saturated heterocycles. The lowest BCUT2D eigenvalue weighted by atomic mass is 10.1. The predicted molar refractivity (Wildman–Crippen MR) is 81.7 cm³/mol. The van der Waals surface area contributed by atoms with E-state index in [-0.39, 0.29) is 5.91 Å². The molecule has 1 amide bonds. The summed E-state index contributed by atoms with van der Waals surface area (Å²) in [6, 6.07) is 4.67. The van der Waals surface area contributed by atoms with E-state index in [0.717, 1.165) is 10.0 Å². The molecule has 5 heteroatoms. The number of amides is 1. The van der Waals surface area contributed by atoms with Gasteiger partial charge in [-0.2, -0.15) is 0 Å². The van der Waals surface area contributed by atoms with Crippen molar-refractivity contribution in [3.63, 3.8) is 0 Å². The smallest absolute Gasteiger partial charge is 0.328 e. The Hall–Kier alpha value is -1.36. The van der Waals surface area contributed by atoms with Gasteiger partial charge in [0.2, 0.25) is 0 Å². The standard InChI is InChI=1S/C15H20BrNO3/c1-9-8-11(16)6-7-12(9)13(18)17-10(2)14(19)20-15(3,4)5/h6-8,10H,1-5H3,(H,17,18)/t10-/m1/s1. The molecule has 1 N–H and O–H groups in total. The summed E-state index contributed by atoms with van der Waals surface area (Å²) in [4.78, 5) is 23.9. The molecule has 1 rings (SSSR count). The van der Waals surface area contributed by atoms with Crippen LogP contribution in [0, 0.1) is 6.92 Å². The zero-order chi connectivity index (χ0) is 15.5. The molecule has 0 heterocycles. The van der Waals surface area contributed by atoms with Crippen molar-refractivity contribution < 1.29 is 14.3 Å². The number of hydrogen-bond donors (Lipinski definition) is 1. The van der Waals surface area contributed by atoms with E-state index in [9.17, 15) is 9.59 Å². The molecule has 0 aliphatic carbocycles. The minimum Gasteiger partial charge on any atom is -0.458 e. The van der Waals surface area contributed by atoms with Crippen molar-refractivity contribution in [2.45, 2.75) is 46.3 Å². The lowest BCUT2D eigenvalue weighted by Gasteiger charge is -2.22. The number of benzene rings is 1. The summed E-state index contributed by atoms with van der Waals surface area (Å²) >= 11 is 3.35. The first-order valence-electron chi connectivity index (χ1n) is 6.40. The summed E-state index contributed by atoms with van der Waals surface area (Å²) in [7, 11) is 0. The second kappa shape index (κ2) is 6.39. The highest BCUT2D eigenvalue weighted by Gasteiger charge is 2.23. The minimum atomic E-state index is -0.690. The third-order valence-corrected chi connectivity index (χ3v) is 3.03. The number of esters is 1. The maximum Gasteiger partial charge on any atom is 0.328 e. The summed E-state index contributed by atoms with van der Waals surface area (Å²) in [5, 5.41) is 2.65. The molecule has 0 saturated carbocycles. The van der Waals surface area contributed by atoms with Crippen LogP contribution < -0.4 is 5.32 Å². The number of nitrogens with one attached hydrogen (secondary N) is 1. The number of rotatable bonds is 3. The highest BCUT2D eigenvalue weighted by Crippen LogP contribution is 2.16. The topological polar surface area (TPSA) is 55.4 Å². The Balaban J connectivity index is 2.73. The van der Waals surface area contributed by atoms with Gasteiger partial charge in [-0.15, -0.1) is 0 Å². The van der Waals surface area contributed by atoms with Crippen molar-refractivity contribution >= 4 is 27.8 Å². The Labute approximate surface area is 128 Å². The van der Waals surface area contributed by atoms with Crippen LogP contribution in [0.1, 0.15) is 43.6 Å². The summed E-state index contributed by atoms with van der Waals surface area (Å²) in [5.41, 5.74) is 0.820. The Morgan fingerprint density at radius 3 is 2.40 bits per heavy atom. The second-order valence-corrected chi connectivity index (χ2v) is 6.60. The fourth-order valence-electron chi connectivity index (χ4n) is 1.61. The van der Waals surface area contributed by atoms with Crippen LogP contribution in [0.3, 0.4) is 0 Å². The van der Waals surface area contributed by atoms with Crippen molar-refractivity contribution in [2.75, 3.05) is 0 Å². The highest BCUT2D eigenvalue weighted by molar-refractivity contribution is 9.10. The third-order valence-electron chi connectivity index (χ3n) is 2.54. The molecule has 20 heavy (non-hydrogen) atoms. The Morgan fingerprint density at radius 2 is 1.90 bits per heavy atom. The molecule has 4 nitrogen and oxygen atoms in total. The highest BCUT2D eigenvalue weighted by atomic mass is 79.9. The van der Waals surface area contributed by atoms with Crippen molar-refractivity contribution in [1.82, 2.24) is 5.32 Å². The van der Waals surface area contributed by atoms with E-state index >= 15 is 0 Å². The molecule has 0 fully saturated rings. The maximum atomic E-state index is 12.1. The molecule has 0 spiro atoms. The summed E-state index contributed by atoms with van der Waals surface area (Å²) in [6.07, 6.45) is 0. The first-order valence-corrected chi connectivity index (χ1v) is 7.19. The maximum absolute atomic E-state index is 12.1. The Kier molecular flexibility index (Phi) is 5.34. The molecule has 1 atom stereocenters. The lowest BCUT2D eigenvalue weighted by molar-refractivity contribution is -0.156. The average molecular weight is 342 g/mol. The van der Waals surface area contributed by atoms with Crippen LogP contribution in [-0.2, 0) is 9.53 Å². The molecule has 0 aliphatic heterocycles. The normalized spacial score (nSPS) is 12.7. The fourth-order valence-corrected chi connectivity index (χ4v) is 2.08. The summed E-state index contributed by atoms with van der Waals surface area (Å²) in [6.45, 7) is 8.83. The van der Waals surface area contributed by atoms with E-state index in [1.807, 2.05) is 13.0 Å². The van der Waals surface area contributed by atoms with Gasteiger partial charge in [-0.25, -0.2) is 4.79 Å². The van der Waals surface area contributed by atoms with Crippen LogP contribution in [0.25, 0.3) is 0 Å². The van der Waals surface area contributed by atoms with Gasteiger partial charge in [-0.05, 0) is 58.4 Å². The average Bonchev–Trinajstić information content (AvgIpc) is 2.26. The number of carbonyl (C=O) groups is 2. The minimum absolute atomic E-state index is 0.284. The van der Waals surface area contributed by atoms with Gasteiger partial charge in [0.25, 0.3) is 5.91 Å². The quantitative estimate of drug-likeness (QED) is 0.858. The Bertz CT molecular complexity index is 520. The van der Waals surface area contributed by atoms with Gasteiger partial charge in [0.05, 0.1) is 0 Å². The Morgan fingerprint density at radius 1 is 1.30 bits per heavy atom.